The van der Waals surface area contributed by atoms with Crippen LogP contribution in [0.5, 0.6) is 0 Å². The Morgan fingerprint density at radius 2 is 2.05 bits per heavy atom. The van der Waals surface area contributed by atoms with E-state index in [1.54, 1.807) is 11.3 Å². The predicted octanol–water partition coefficient (Wildman–Crippen LogP) is 5.63. The van der Waals surface area contributed by atoms with E-state index in [0.29, 0.717) is 11.3 Å². The topological polar surface area (TPSA) is 30.7 Å². The third kappa shape index (κ3) is 2.44. The molecular formula is C17H18ClN3S. The van der Waals surface area contributed by atoms with Crippen LogP contribution in [0.15, 0.2) is 23.7 Å². The van der Waals surface area contributed by atoms with E-state index >= 15 is 0 Å². The highest BCUT2D eigenvalue weighted by Crippen LogP contribution is 2.38. The summed E-state index contributed by atoms with van der Waals surface area (Å²) >= 11 is 7.85. The standard InChI is InChI=1S/C17H18ClN3S/c1-11-7-13(10-22-11)15-8-12-9-19-17(18)20-16(12)21(15)14-5-3-2-4-6-14/h7-10,14H,2-6H2,1H3. The second-order valence-electron chi connectivity index (χ2n) is 6.06. The number of hydrogen-bond donors (Lipinski definition) is 0. The Hall–Kier alpha value is -1.39. The fourth-order valence-corrected chi connectivity index (χ4v) is 4.32. The number of aryl methyl sites for hydroxylation is 1. The van der Waals surface area contributed by atoms with Gasteiger partial charge >= 0.3 is 0 Å². The van der Waals surface area contributed by atoms with Gasteiger partial charge in [0.15, 0.2) is 0 Å². The van der Waals surface area contributed by atoms with E-state index in [-0.39, 0.29) is 0 Å². The molecule has 0 saturated heterocycles. The van der Waals surface area contributed by atoms with Gasteiger partial charge in [0.05, 0.1) is 5.69 Å². The molecule has 4 rings (SSSR count). The molecule has 3 aromatic rings. The Labute approximate surface area is 139 Å². The maximum absolute atomic E-state index is 6.06. The van der Waals surface area contributed by atoms with Crippen molar-refractivity contribution in [2.75, 3.05) is 0 Å². The van der Waals surface area contributed by atoms with Crippen molar-refractivity contribution in [1.82, 2.24) is 14.5 Å². The fraction of sp³-hybridized carbons (Fsp3) is 0.412. The quantitative estimate of drug-likeness (QED) is 0.570. The smallest absolute Gasteiger partial charge is 0.224 e. The normalized spacial score (nSPS) is 16.5. The summed E-state index contributed by atoms with van der Waals surface area (Å²) < 4.78 is 2.41. The van der Waals surface area contributed by atoms with Crippen molar-refractivity contribution < 1.29 is 0 Å². The first-order chi connectivity index (χ1) is 10.7. The summed E-state index contributed by atoms with van der Waals surface area (Å²) in [6, 6.07) is 4.99. The zero-order chi connectivity index (χ0) is 15.1. The molecule has 0 atom stereocenters. The minimum absolute atomic E-state index is 0.329. The van der Waals surface area contributed by atoms with Crippen LogP contribution in [0.2, 0.25) is 5.28 Å². The molecule has 3 aromatic heterocycles. The van der Waals surface area contributed by atoms with Crippen LogP contribution in [-0.2, 0) is 0 Å². The lowest BCUT2D eigenvalue weighted by Gasteiger charge is -2.25. The summed E-state index contributed by atoms with van der Waals surface area (Å²) in [5, 5.41) is 3.64. The summed E-state index contributed by atoms with van der Waals surface area (Å²) in [6.07, 6.45) is 8.23. The molecule has 0 radical (unpaired) electrons. The third-order valence-corrected chi connectivity index (χ3v) is 5.56. The molecule has 0 N–H and O–H groups in total. The van der Waals surface area contributed by atoms with Gasteiger partial charge in [-0.2, -0.15) is 4.98 Å². The molecule has 5 heteroatoms. The van der Waals surface area contributed by atoms with Crippen molar-refractivity contribution in [2.24, 2.45) is 0 Å². The van der Waals surface area contributed by atoms with Gasteiger partial charge in [-0.15, -0.1) is 11.3 Å². The third-order valence-electron chi connectivity index (χ3n) is 4.51. The first-order valence-corrected chi connectivity index (χ1v) is 9.07. The van der Waals surface area contributed by atoms with Gasteiger partial charge in [0.25, 0.3) is 0 Å². The monoisotopic (exact) mass is 331 g/mol. The van der Waals surface area contributed by atoms with Gasteiger partial charge in [-0.05, 0) is 43.5 Å². The maximum Gasteiger partial charge on any atom is 0.224 e. The van der Waals surface area contributed by atoms with Crippen LogP contribution in [0.3, 0.4) is 0 Å². The Bertz CT molecular complexity index is 815. The minimum Gasteiger partial charge on any atom is -0.322 e. The zero-order valence-corrected chi connectivity index (χ0v) is 14.1. The Morgan fingerprint density at radius 3 is 2.77 bits per heavy atom. The first kappa shape index (κ1) is 14.2. The van der Waals surface area contributed by atoms with Crippen LogP contribution < -0.4 is 0 Å². The van der Waals surface area contributed by atoms with Crippen LogP contribution in [0.4, 0.5) is 0 Å². The minimum atomic E-state index is 0.329. The molecule has 22 heavy (non-hydrogen) atoms. The number of hydrogen-bond acceptors (Lipinski definition) is 3. The van der Waals surface area contributed by atoms with Gasteiger partial charge < -0.3 is 4.57 Å². The highest BCUT2D eigenvalue weighted by molar-refractivity contribution is 7.10. The lowest BCUT2D eigenvalue weighted by molar-refractivity contribution is 0.362. The molecule has 0 aliphatic heterocycles. The van der Waals surface area contributed by atoms with Crippen molar-refractivity contribution in [3.63, 3.8) is 0 Å². The lowest BCUT2D eigenvalue weighted by atomic mass is 9.95. The van der Waals surface area contributed by atoms with E-state index in [9.17, 15) is 0 Å². The molecule has 3 nitrogen and oxygen atoms in total. The molecule has 0 bridgehead atoms. The summed E-state index contributed by atoms with van der Waals surface area (Å²) in [4.78, 5) is 10.0. The number of nitrogens with zero attached hydrogens (tertiary/aromatic N) is 3. The van der Waals surface area contributed by atoms with E-state index in [1.807, 2.05) is 6.20 Å². The lowest BCUT2D eigenvalue weighted by Crippen LogP contribution is -2.14. The van der Waals surface area contributed by atoms with Crippen molar-refractivity contribution in [3.05, 3.63) is 33.9 Å². The van der Waals surface area contributed by atoms with Crippen LogP contribution in [-0.4, -0.2) is 14.5 Å². The summed E-state index contributed by atoms with van der Waals surface area (Å²) in [6.45, 7) is 2.15. The summed E-state index contributed by atoms with van der Waals surface area (Å²) in [7, 11) is 0. The Morgan fingerprint density at radius 1 is 1.23 bits per heavy atom. The molecule has 3 heterocycles. The number of thiophene rings is 1. The molecule has 1 aliphatic rings. The second kappa shape index (κ2) is 5.67. The fourth-order valence-electron chi connectivity index (χ4n) is 3.50. The van der Waals surface area contributed by atoms with Crippen molar-refractivity contribution in [1.29, 1.82) is 0 Å². The van der Waals surface area contributed by atoms with Crippen molar-refractivity contribution in [2.45, 2.75) is 45.1 Å². The molecule has 0 aromatic carbocycles. The van der Waals surface area contributed by atoms with Gasteiger partial charge in [0.2, 0.25) is 5.28 Å². The van der Waals surface area contributed by atoms with Gasteiger partial charge in [0.1, 0.15) is 5.65 Å². The van der Waals surface area contributed by atoms with Crippen LogP contribution in [0.1, 0.15) is 43.0 Å². The highest BCUT2D eigenvalue weighted by atomic mass is 35.5. The first-order valence-electron chi connectivity index (χ1n) is 7.81. The molecule has 1 saturated carbocycles. The largest absolute Gasteiger partial charge is 0.322 e. The molecule has 0 amide bonds. The Kier molecular flexibility index (Phi) is 3.66. The van der Waals surface area contributed by atoms with Gasteiger partial charge in [-0.1, -0.05) is 19.3 Å². The maximum atomic E-state index is 6.06. The van der Waals surface area contributed by atoms with Gasteiger partial charge in [-0.25, -0.2) is 4.98 Å². The van der Waals surface area contributed by atoms with E-state index in [4.69, 9.17) is 11.6 Å². The molecule has 1 fully saturated rings. The van der Waals surface area contributed by atoms with Crippen molar-refractivity contribution >= 4 is 34.0 Å². The predicted molar refractivity (Wildman–Crippen MR) is 92.7 cm³/mol. The van der Waals surface area contributed by atoms with E-state index in [1.165, 1.54) is 48.2 Å². The van der Waals surface area contributed by atoms with Crippen molar-refractivity contribution in [3.8, 4) is 11.3 Å². The average Bonchev–Trinajstić information content (AvgIpc) is 3.11. The summed E-state index contributed by atoms with van der Waals surface area (Å²) in [5.74, 6) is 0. The van der Waals surface area contributed by atoms with E-state index in [0.717, 1.165) is 11.0 Å². The van der Waals surface area contributed by atoms with E-state index in [2.05, 4.69) is 39.0 Å². The van der Waals surface area contributed by atoms with Crippen LogP contribution >= 0.6 is 22.9 Å². The van der Waals surface area contributed by atoms with Crippen LogP contribution in [0.25, 0.3) is 22.3 Å². The number of rotatable bonds is 2. The summed E-state index contributed by atoms with van der Waals surface area (Å²) in [5.41, 5.74) is 3.51. The number of aromatic nitrogens is 3. The molecule has 114 valence electrons. The van der Waals surface area contributed by atoms with Gasteiger partial charge in [0, 0.05) is 33.4 Å². The number of halogens is 1. The van der Waals surface area contributed by atoms with Gasteiger partial charge in [-0.3, -0.25) is 0 Å². The highest BCUT2D eigenvalue weighted by Gasteiger charge is 2.22. The molecule has 0 spiro atoms. The number of fused-ring (bicyclic) bond motifs is 1. The molecular weight excluding hydrogens is 314 g/mol. The SMILES string of the molecule is Cc1cc(-c2cc3cnc(Cl)nc3n2C2CCCCC2)cs1. The second-order valence-corrected chi connectivity index (χ2v) is 7.51. The zero-order valence-electron chi connectivity index (χ0n) is 12.6. The molecule has 1 aliphatic carbocycles. The Balaban J connectivity index is 1.94. The average molecular weight is 332 g/mol. The van der Waals surface area contributed by atoms with E-state index < -0.39 is 0 Å². The van der Waals surface area contributed by atoms with Crippen LogP contribution in [0, 0.1) is 6.92 Å². The molecule has 0 unspecified atom stereocenters.